The Kier molecular flexibility index (Phi) is 5.18. The molecule has 1 amide bonds. The minimum absolute atomic E-state index is 0.0673. The maximum atomic E-state index is 12.1. The van der Waals surface area contributed by atoms with E-state index in [-0.39, 0.29) is 11.7 Å². The maximum absolute atomic E-state index is 12.1. The Morgan fingerprint density at radius 2 is 2.12 bits per heavy atom. The first kappa shape index (κ1) is 17.2. The Morgan fingerprint density at radius 1 is 1.28 bits per heavy atom. The lowest BCUT2D eigenvalue weighted by Crippen LogP contribution is -2.24. The van der Waals surface area contributed by atoms with E-state index in [1.165, 1.54) is 11.8 Å². The molecule has 0 unspecified atom stereocenters. The van der Waals surface area contributed by atoms with Gasteiger partial charge in [0.25, 0.3) is 5.78 Å². The van der Waals surface area contributed by atoms with Crippen molar-refractivity contribution in [2.75, 3.05) is 12.9 Å². The molecule has 0 saturated heterocycles. The molecule has 2 heterocycles. The monoisotopic (exact) mass is 357 g/mol. The molecule has 2 aromatic heterocycles. The van der Waals surface area contributed by atoms with E-state index in [2.05, 4.69) is 20.5 Å². The fraction of sp³-hybridized carbons (Fsp3) is 0.294. The van der Waals surface area contributed by atoms with Crippen LogP contribution in [0.2, 0.25) is 0 Å². The first-order valence-corrected chi connectivity index (χ1v) is 8.77. The van der Waals surface area contributed by atoms with Gasteiger partial charge < -0.3 is 10.1 Å². The molecule has 3 rings (SSSR count). The van der Waals surface area contributed by atoms with Crippen LogP contribution in [-0.4, -0.2) is 38.4 Å². The number of nitrogens with zero attached hydrogens (tertiary/aromatic N) is 4. The summed E-state index contributed by atoms with van der Waals surface area (Å²) in [7, 11) is 1.62. The summed E-state index contributed by atoms with van der Waals surface area (Å²) in [5.41, 5.74) is 2.87. The Morgan fingerprint density at radius 3 is 2.92 bits per heavy atom. The molecule has 0 aliphatic rings. The van der Waals surface area contributed by atoms with Crippen molar-refractivity contribution in [3.8, 4) is 5.75 Å². The molecule has 1 aromatic carbocycles. The van der Waals surface area contributed by atoms with Gasteiger partial charge in [0.15, 0.2) is 5.16 Å². The fourth-order valence-electron chi connectivity index (χ4n) is 2.46. The summed E-state index contributed by atoms with van der Waals surface area (Å²) >= 11 is 1.34. The molecule has 0 fully saturated rings. The molecular formula is C17H19N5O2S. The summed E-state index contributed by atoms with van der Waals surface area (Å²) in [5.74, 6) is 1.52. The SMILES string of the molecule is COc1cccc(CNC(=O)CSc2nnc3nc(C)cc(C)n23)c1. The lowest BCUT2D eigenvalue weighted by molar-refractivity contribution is -0.118. The van der Waals surface area contributed by atoms with Crippen LogP contribution in [0.4, 0.5) is 0 Å². The topological polar surface area (TPSA) is 81.4 Å². The number of benzene rings is 1. The Hall–Kier alpha value is -2.61. The van der Waals surface area contributed by atoms with E-state index in [1.807, 2.05) is 48.6 Å². The third-order valence-corrected chi connectivity index (χ3v) is 4.55. The molecule has 7 nitrogen and oxygen atoms in total. The largest absolute Gasteiger partial charge is 0.497 e. The molecule has 3 aromatic rings. The number of aryl methyl sites for hydroxylation is 2. The molecule has 0 aliphatic carbocycles. The number of ether oxygens (including phenoxy) is 1. The second kappa shape index (κ2) is 7.52. The van der Waals surface area contributed by atoms with Crippen molar-refractivity contribution >= 4 is 23.4 Å². The molecule has 0 spiro atoms. The van der Waals surface area contributed by atoms with E-state index in [9.17, 15) is 4.79 Å². The number of fused-ring (bicyclic) bond motifs is 1. The van der Waals surface area contributed by atoms with Crippen LogP contribution < -0.4 is 10.1 Å². The van der Waals surface area contributed by atoms with E-state index in [0.29, 0.717) is 17.5 Å². The van der Waals surface area contributed by atoms with Crippen LogP contribution in [0.15, 0.2) is 35.5 Å². The highest BCUT2D eigenvalue weighted by Gasteiger charge is 2.12. The molecule has 0 atom stereocenters. The number of methoxy groups -OCH3 is 1. The molecule has 130 valence electrons. The Bertz CT molecular complexity index is 909. The molecule has 0 bridgehead atoms. The van der Waals surface area contributed by atoms with E-state index in [4.69, 9.17) is 4.74 Å². The first-order valence-electron chi connectivity index (χ1n) is 7.78. The zero-order valence-electron chi connectivity index (χ0n) is 14.3. The van der Waals surface area contributed by atoms with Gasteiger partial charge in [0.1, 0.15) is 5.75 Å². The van der Waals surface area contributed by atoms with Gasteiger partial charge in [0, 0.05) is 17.9 Å². The number of carbonyl (C=O) groups is 1. The predicted octanol–water partition coefficient (Wildman–Crippen LogP) is 2.16. The van der Waals surface area contributed by atoms with Crippen LogP contribution in [0.1, 0.15) is 17.0 Å². The average molecular weight is 357 g/mol. The van der Waals surface area contributed by atoms with Crippen LogP contribution in [-0.2, 0) is 11.3 Å². The van der Waals surface area contributed by atoms with Gasteiger partial charge in [-0.25, -0.2) is 4.98 Å². The summed E-state index contributed by atoms with van der Waals surface area (Å²) < 4.78 is 7.03. The van der Waals surface area contributed by atoms with Crippen molar-refractivity contribution in [1.29, 1.82) is 0 Å². The van der Waals surface area contributed by atoms with Gasteiger partial charge in [0.05, 0.1) is 12.9 Å². The fourth-order valence-corrected chi connectivity index (χ4v) is 3.27. The van der Waals surface area contributed by atoms with Crippen LogP contribution in [0, 0.1) is 13.8 Å². The maximum Gasteiger partial charge on any atom is 0.256 e. The zero-order valence-corrected chi connectivity index (χ0v) is 15.1. The zero-order chi connectivity index (χ0) is 17.8. The standard InChI is InChI=1S/C17H19N5O2S/c1-11-7-12(2)22-16(19-11)20-21-17(22)25-10-15(23)18-9-13-5-4-6-14(8-13)24-3/h4-8H,9-10H2,1-3H3,(H,18,23). The summed E-state index contributed by atoms with van der Waals surface area (Å²) in [6, 6.07) is 9.57. The van der Waals surface area contributed by atoms with Crippen molar-refractivity contribution in [1.82, 2.24) is 24.9 Å². The number of aromatic nitrogens is 4. The average Bonchev–Trinajstić information content (AvgIpc) is 3.01. The smallest absolute Gasteiger partial charge is 0.256 e. The Balaban J connectivity index is 1.59. The summed E-state index contributed by atoms with van der Waals surface area (Å²) in [6.45, 7) is 4.34. The van der Waals surface area contributed by atoms with Gasteiger partial charge in [-0.1, -0.05) is 23.9 Å². The normalized spacial score (nSPS) is 10.8. The molecular weight excluding hydrogens is 338 g/mol. The number of hydrogen-bond donors (Lipinski definition) is 1. The van der Waals surface area contributed by atoms with E-state index in [0.717, 1.165) is 22.7 Å². The van der Waals surface area contributed by atoms with Gasteiger partial charge in [-0.15, -0.1) is 10.2 Å². The van der Waals surface area contributed by atoms with E-state index >= 15 is 0 Å². The predicted molar refractivity (Wildman–Crippen MR) is 95.8 cm³/mol. The van der Waals surface area contributed by atoms with Gasteiger partial charge in [0.2, 0.25) is 5.91 Å². The summed E-state index contributed by atoms with van der Waals surface area (Å²) in [6.07, 6.45) is 0. The quantitative estimate of drug-likeness (QED) is 0.681. The minimum atomic E-state index is -0.0673. The molecule has 0 radical (unpaired) electrons. The van der Waals surface area contributed by atoms with Crippen LogP contribution >= 0.6 is 11.8 Å². The van der Waals surface area contributed by atoms with Crippen molar-refractivity contribution in [3.63, 3.8) is 0 Å². The third-order valence-electron chi connectivity index (χ3n) is 3.62. The second-order valence-electron chi connectivity index (χ2n) is 5.57. The number of nitrogens with one attached hydrogen (secondary N) is 1. The van der Waals surface area contributed by atoms with E-state index in [1.54, 1.807) is 7.11 Å². The van der Waals surface area contributed by atoms with Gasteiger partial charge in [-0.05, 0) is 37.6 Å². The van der Waals surface area contributed by atoms with Gasteiger partial charge in [-0.3, -0.25) is 9.20 Å². The number of thioether (sulfide) groups is 1. The molecule has 0 saturated carbocycles. The highest BCUT2D eigenvalue weighted by atomic mass is 32.2. The molecule has 25 heavy (non-hydrogen) atoms. The second-order valence-corrected chi connectivity index (χ2v) is 6.52. The lowest BCUT2D eigenvalue weighted by atomic mass is 10.2. The van der Waals surface area contributed by atoms with Gasteiger partial charge in [-0.2, -0.15) is 0 Å². The van der Waals surface area contributed by atoms with E-state index < -0.39 is 0 Å². The Labute approximate surface area is 149 Å². The van der Waals surface area contributed by atoms with Crippen molar-refractivity contribution in [2.24, 2.45) is 0 Å². The highest BCUT2D eigenvalue weighted by molar-refractivity contribution is 7.99. The molecule has 0 aliphatic heterocycles. The summed E-state index contributed by atoms with van der Waals surface area (Å²) in [4.78, 5) is 16.4. The number of carbonyl (C=O) groups excluding carboxylic acids is 1. The first-order chi connectivity index (χ1) is 12.1. The number of amides is 1. The lowest BCUT2D eigenvalue weighted by Gasteiger charge is -2.07. The third kappa shape index (κ3) is 4.08. The van der Waals surface area contributed by atoms with Crippen molar-refractivity contribution in [2.45, 2.75) is 25.5 Å². The molecule has 8 heteroatoms. The number of rotatable bonds is 6. The van der Waals surface area contributed by atoms with Crippen LogP contribution in [0.3, 0.4) is 0 Å². The van der Waals surface area contributed by atoms with Crippen LogP contribution in [0.25, 0.3) is 5.78 Å². The minimum Gasteiger partial charge on any atom is -0.497 e. The highest BCUT2D eigenvalue weighted by Crippen LogP contribution is 2.18. The van der Waals surface area contributed by atoms with Crippen LogP contribution in [0.5, 0.6) is 5.75 Å². The molecule has 1 N–H and O–H groups in total. The number of hydrogen-bond acceptors (Lipinski definition) is 6. The van der Waals surface area contributed by atoms with Gasteiger partial charge >= 0.3 is 0 Å². The summed E-state index contributed by atoms with van der Waals surface area (Å²) in [5, 5.41) is 11.8. The van der Waals surface area contributed by atoms with Crippen molar-refractivity contribution < 1.29 is 9.53 Å². The van der Waals surface area contributed by atoms with Crippen molar-refractivity contribution in [3.05, 3.63) is 47.3 Å².